The highest BCUT2D eigenvalue weighted by Gasteiger charge is 2.35. The minimum Gasteiger partial charge on any atom is -0.459 e. The summed E-state index contributed by atoms with van der Waals surface area (Å²) in [5, 5.41) is 2.71. The van der Waals surface area contributed by atoms with Crippen LogP contribution in [0.2, 0.25) is 0 Å². The van der Waals surface area contributed by atoms with Crippen molar-refractivity contribution >= 4 is 11.6 Å². The largest absolute Gasteiger partial charge is 0.459 e. The Hall–Kier alpha value is -2.34. The summed E-state index contributed by atoms with van der Waals surface area (Å²) >= 11 is 0. The first-order valence-electron chi connectivity index (χ1n) is 11.0. The Kier molecular flexibility index (Phi) is 5.04. The number of anilines is 1. The van der Waals surface area contributed by atoms with E-state index in [1.54, 1.807) is 18.2 Å². The number of furan rings is 1. The minimum atomic E-state index is -0.387. The van der Waals surface area contributed by atoms with E-state index in [1.807, 2.05) is 10.6 Å². The smallest absolute Gasteiger partial charge is 0.291 e. The molecule has 2 atom stereocenters. The van der Waals surface area contributed by atoms with Gasteiger partial charge in [-0.05, 0) is 55.4 Å². The predicted molar refractivity (Wildman–Crippen MR) is 111 cm³/mol. The molecule has 6 nitrogen and oxygen atoms in total. The zero-order valence-electron chi connectivity index (χ0n) is 16.8. The molecule has 2 aromatic heterocycles. The molecule has 0 spiro atoms. The molecule has 3 aliphatic rings. The van der Waals surface area contributed by atoms with Crippen LogP contribution in [0.5, 0.6) is 0 Å². The maximum Gasteiger partial charge on any atom is 0.291 e. The second-order valence-corrected chi connectivity index (χ2v) is 9.04. The molecule has 1 N–H and O–H groups in total. The van der Waals surface area contributed by atoms with Gasteiger partial charge in [0.15, 0.2) is 5.76 Å². The van der Waals surface area contributed by atoms with Crippen molar-refractivity contribution in [2.45, 2.75) is 51.0 Å². The summed E-state index contributed by atoms with van der Waals surface area (Å²) in [6, 6.07) is 7.05. The van der Waals surface area contributed by atoms with Crippen LogP contribution in [0.3, 0.4) is 0 Å². The molecule has 2 unspecified atom stereocenters. The molecule has 29 heavy (non-hydrogen) atoms. The number of amides is 1. The second-order valence-electron chi connectivity index (χ2n) is 9.04. The van der Waals surface area contributed by atoms with E-state index in [0.717, 1.165) is 31.2 Å². The molecule has 154 valence electrons. The summed E-state index contributed by atoms with van der Waals surface area (Å²) in [5.74, 6) is 1.60. The third kappa shape index (κ3) is 3.78. The van der Waals surface area contributed by atoms with E-state index in [-0.39, 0.29) is 17.2 Å². The van der Waals surface area contributed by atoms with Crippen molar-refractivity contribution < 1.29 is 9.21 Å². The summed E-state index contributed by atoms with van der Waals surface area (Å²) < 4.78 is 7.03. The molecular formula is C23H29N3O3. The maximum atomic E-state index is 13.1. The average Bonchev–Trinajstić information content (AvgIpc) is 3.26. The topological polar surface area (TPSA) is 67.5 Å². The fourth-order valence-corrected chi connectivity index (χ4v) is 5.62. The van der Waals surface area contributed by atoms with Crippen LogP contribution >= 0.6 is 0 Å². The van der Waals surface area contributed by atoms with Gasteiger partial charge in [0, 0.05) is 37.8 Å². The fraction of sp³-hybridized carbons (Fsp3) is 0.565. The molecule has 1 amide bonds. The summed E-state index contributed by atoms with van der Waals surface area (Å²) in [6.45, 7) is 4.09. The lowest BCUT2D eigenvalue weighted by molar-refractivity contribution is 0.0966. The zero-order chi connectivity index (χ0) is 19.8. The number of hydrogen-bond acceptors (Lipinski definition) is 4. The molecule has 0 radical (unpaired) electrons. The van der Waals surface area contributed by atoms with Gasteiger partial charge < -0.3 is 19.2 Å². The van der Waals surface area contributed by atoms with Gasteiger partial charge in [-0.1, -0.05) is 19.3 Å². The SMILES string of the molecule is O=C(Nc1ccc2n(c1=O)CC1CC2CN(CC2CCCCC2)C1)c1ccco1. The highest BCUT2D eigenvalue weighted by atomic mass is 16.3. The number of rotatable bonds is 4. The Labute approximate surface area is 170 Å². The number of carbonyl (C=O) groups excluding carboxylic acids is 1. The summed E-state index contributed by atoms with van der Waals surface area (Å²) in [7, 11) is 0. The van der Waals surface area contributed by atoms with Crippen LogP contribution in [0.4, 0.5) is 5.69 Å². The van der Waals surface area contributed by atoms with Gasteiger partial charge in [-0.15, -0.1) is 0 Å². The molecule has 1 saturated carbocycles. The van der Waals surface area contributed by atoms with E-state index < -0.39 is 0 Å². The molecule has 5 rings (SSSR count). The van der Waals surface area contributed by atoms with E-state index in [9.17, 15) is 9.59 Å². The molecule has 6 heteroatoms. The zero-order valence-corrected chi connectivity index (χ0v) is 16.8. The molecule has 2 bridgehead atoms. The lowest BCUT2D eigenvalue weighted by atomic mass is 9.81. The van der Waals surface area contributed by atoms with Gasteiger partial charge in [-0.2, -0.15) is 0 Å². The van der Waals surface area contributed by atoms with Gasteiger partial charge in [-0.3, -0.25) is 9.59 Å². The molecule has 1 aliphatic carbocycles. The third-order valence-corrected chi connectivity index (χ3v) is 6.91. The maximum absolute atomic E-state index is 13.1. The number of nitrogens with one attached hydrogen (secondary N) is 1. The summed E-state index contributed by atoms with van der Waals surface area (Å²) in [5.41, 5.74) is 1.35. The van der Waals surface area contributed by atoms with Crippen LogP contribution < -0.4 is 10.9 Å². The second kappa shape index (κ2) is 7.82. The number of piperidine rings is 1. The van der Waals surface area contributed by atoms with Crippen LogP contribution in [-0.4, -0.2) is 35.0 Å². The molecular weight excluding hydrogens is 366 g/mol. The first-order chi connectivity index (χ1) is 14.2. The monoisotopic (exact) mass is 395 g/mol. The quantitative estimate of drug-likeness (QED) is 0.857. The van der Waals surface area contributed by atoms with Crippen molar-refractivity contribution in [3.05, 3.63) is 52.3 Å². The Morgan fingerprint density at radius 2 is 1.97 bits per heavy atom. The van der Waals surface area contributed by atoms with Crippen molar-refractivity contribution in [1.29, 1.82) is 0 Å². The molecule has 0 aromatic carbocycles. The Bertz CT molecular complexity index is 927. The van der Waals surface area contributed by atoms with E-state index in [0.29, 0.717) is 17.5 Å². The van der Waals surface area contributed by atoms with Gasteiger partial charge in [0.2, 0.25) is 0 Å². The lowest BCUT2D eigenvalue weighted by Gasteiger charge is -2.44. The number of nitrogens with zero attached hydrogens (tertiary/aromatic N) is 2. The van der Waals surface area contributed by atoms with E-state index >= 15 is 0 Å². The number of carbonyl (C=O) groups is 1. The van der Waals surface area contributed by atoms with E-state index in [1.165, 1.54) is 51.3 Å². The van der Waals surface area contributed by atoms with Crippen molar-refractivity contribution in [1.82, 2.24) is 9.47 Å². The predicted octanol–water partition coefficient (Wildman–Crippen LogP) is 3.69. The van der Waals surface area contributed by atoms with E-state index in [2.05, 4.69) is 10.2 Å². The molecule has 4 heterocycles. The number of aromatic nitrogens is 1. The van der Waals surface area contributed by atoms with Crippen LogP contribution in [0, 0.1) is 11.8 Å². The molecule has 2 aliphatic heterocycles. The van der Waals surface area contributed by atoms with Crippen molar-refractivity contribution in [2.75, 3.05) is 25.0 Å². The lowest BCUT2D eigenvalue weighted by Crippen LogP contribution is -2.48. The highest BCUT2D eigenvalue weighted by Crippen LogP contribution is 2.36. The first kappa shape index (κ1) is 18.7. The van der Waals surface area contributed by atoms with Crippen molar-refractivity contribution in [2.24, 2.45) is 11.8 Å². The Morgan fingerprint density at radius 1 is 1.10 bits per heavy atom. The van der Waals surface area contributed by atoms with Crippen molar-refractivity contribution in [3.63, 3.8) is 0 Å². The minimum absolute atomic E-state index is 0.0992. The number of fused-ring (bicyclic) bond motifs is 4. The average molecular weight is 396 g/mol. The van der Waals surface area contributed by atoms with Crippen molar-refractivity contribution in [3.8, 4) is 0 Å². The van der Waals surface area contributed by atoms with Crippen LogP contribution in [-0.2, 0) is 6.54 Å². The normalized spacial score (nSPS) is 24.8. The van der Waals surface area contributed by atoms with E-state index in [4.69, 9.17) is 4.42 Å². The van der Waals surface area contributed by atoms with Gasteiger partial charge >= 0.3 is 0 Å². The summed E-state index contributed by atoms with van der Waals surface area (Å²) in [6.07, 6.45) is 9.54. The standard InChI is InChI=1S/C23H29N3O3/c27-22(21-7-4-10-29-21)24-19-8-9-20-18-11-17(14-26(20)23(19)28)13-25(15-18)12-16-5-2-1-3-6-16/h4,7-10,16-18H,1-3,5-6,11-15H2,(H,24,27). The highest BCUT2D eigenvalue weighted by molar-refractivity contribution is 6.02. The third-order valence-electron chi connectivity index (χ3n) is 6.91. The van der Waals surface area contributed by atoms with Crippen LogP contribution in [0.25, 0.3) is 0 Å². The van der Waals surface area contributed by atoms with Gasteiger partial charge in [0.1, 0.15) is 5.69 Å². The van der Waals surface area contributed by atoms with Gasteiger partial charge in [0.25, 0.3) is 11.5 Å². The number of pyridine rings is 1. The number of likely N-dealkylation sites (tertiary alicyclic amines) is 1. The van der Waals surface area contributed by atoms with Gasteiger partial charge in [0.05, 0.1) is 6.26 Å². The molecule has 2 aromatic rings. The first-order valence-corrected chi connectivity index (χ1v) is 11.0. The number of hydrogen-bond donors (Lipinski definition) is 1. The molecule has 2 fully saturated rings. The Balaban J connectivity index is 1.32. The molecule has 1 saturated heterocycles. The van der Waals surface area contributed by atoms with Gasteiger partial charge in [-0.25, -0.2) is 0 Å². The fourth-order valence-electron chi connectivity index (χ4n) is 5.62. The van der Waals surface area contributed by atoms with Crippen LogP contribution in [0.15, 0.2) is 39.7 Å². The van der Waals surface area contributed by atoms with Crippen LogP contribution in [0.1, 0.15) is 60.7 Å². The Morgan fingerprint density at radius 3 is 2.76 bits per heavy atom. The summed E-state index contributed by atoms with van der Waals surface area (Å²) in [4.78, 5) is 28.0.